The molecular weight excluding hydrogens is 470 g/mol. The SMILES string of the molecule is CC(C)(C)OC(=O)n1cccc1-c1ccc2c(c1)n1ncc(C(=O)OCc3cccs3)c1n[n+]2[O-]. The molecule has 0 amide bonds. The summed E-state index contributed by atoms with van der Waals surface area (Å²) in [4.78, 5) is 26.7. The predicted octanol–water partition coefficient (Wildman–Crippen LogP) is 4.19. The topological polar surface area (TPSA) is 115 Å². The summed E-state index contributed by atoms with van der Waals surface area (Å²) in [6.07, 6.45) is 2.42. The number of hydrogen-bond donors (Lipinski definition) is 0. The lowest BCUT2D eigenvalue weighted by atomic mass is 10.1. The minimum atomic E-state index is -0.655. The van der Waals surface area contributed by atoms with Gasteiger partial charge in [-0.05, 0) is 61.3 Å². The van der Waals surface area contributed by atoms with Crippen molar-refractivity contribution in [2.75, 3.05) is 0 Å². The van der Waals surface area contributed by atoms with Crippen LogP contribution in [0, 0.1) is 5.21 Å². The highest BCUT2D eigenvalue weighted by atomic mass is 32.1. The zero-order chi connectivity index (χ0) is 24.7. The molecule has 0 unspecified atom stereocenters. The first-order chi connectivity index (χ1) is 16.7. The Bertz CT molecular complexity index is 1560. The zero-order valence-electron chi connectivity index (χ0n) is 19.2. The van der Waals surface area contributed by atoms with E-state index < -0.39 is 17.7 Å². The summed E-state index contributed by atoms with van der Waals surface area (Å²) < 4.78 is 13.7. The van der Waals surface area contributed by atoms with Crippen LogP contribution in [0.3, 0.4) is 0 Å². The highest BCUT2D eigenvalue weighted by Crippen LogP contribution is 2.26. The van der Waals surface area contributed by atoms with Crippen LogP contribution in [-0.2, 0) is 16.1 Å². The van der Waals surface area contributed by atoms with Crippen molar-refractivity contribution in [3.8, 4) is 11.3 Å². The number of esters is 1. The van der Waals surface area contributed by atoms with Crippen molar-refractivity contribution >= 4 is 40.1 Å². The van der Waals surface area contributed by atoms with Crippen molar-refractivity contribution in [3.05, 3.63) is 75.9 Å². The number of rotatable bonds is 4. The predicted molar refractivity (Wildman–Crippen MR) is 128 cm³/mol. The number of carbonyl (C=O) groups is 2. The van der Waals surface area contributed by atoms with Gasteiger partial charge in [0.2, 0.25) is 5.65 Å². The first-order valence-corrected chi connectivity index (χ1v) is 11.6. The molecule has 0 aliphatic heterocycles. The summed E-state index contributed by atoms with van der Waals surface area (Å²) in [6.45, 7) is 5.50. The first kappa shape index (κ1) is 22.5. The lowest BCUT2D eigenvalue weighted by Gasteiger charge is -2.20. The molecule has 0 spiro atoms. The van der Waals surface area contributed by atoms with E-state index in [0.29, 0.717) is 21.6 Å². The molecule has 35 heavy (non-hydrogen) atoms. The normalized spacial score (nSPS) is 11.7. The molecule has 4 aromatic heterocycles. The Morgan fingerprint density at radius 2 is 2.00 bits per heavy atom. The summed E-state index contributed by atoms with van der Waals surface area (Å²) in [5.41, 5.74) is 1.38. The number of fused-ring (bicyclic) bond motifs is 3. The third-order valence-electron chi connectivity index (χ3n) is 5.12. The van der Waals surface area contributed by atoms with Crippen LogP contribution >= 0.6 is 11.3 Å². The van der Waals surface area contributed by atoms with Crippen LogP contribution in [0.4, 0.5) is 4.79 Å². The second-order valence-electron chi connectivity index (χ2n) is 8.77. The maximum absolute atomic E-state index is 12.7. The second kappa shape index (κ2) is 8.51. The van der Waals surface area contributed by atoms with E-state index >= 15 is 0 Å². The smallest absolute Gasteiger partial charge is 0.418 e. The van der Waals surface area contributed by atoms with Gasteiger partial charge in [0, 0.05) is 27.8 Å². The van der Waals surface area contributed by atoms with Crippen LogP contribution in [0.5, 0.6) is 0 Å². The Morgan fingerprint density at radius 3 is 2.74 bits per heavy atom. The average Bonchev–Trinajstić information content (AvgIpc) is 3.57. The number of benzene rings is 1. The van der Waals surface area contributed by atoms with Crippen LogP contribution in [0.15, 0.2) is 60.2 Å². The lowest BCUT2D eigenvalue weighted by molar-refractivity contribution is -0.640. The van der Waals surface area contributed by atoms with Gasteiger partial charge in [0.15, 0.2) is 0 Å². The van der Waals surface area contributed by atoms with Crippen LogP contribution in [0.25, 0.3) is 27.9 Å². The molecule has 10 nitrogen and oxygen atoms in total. The molecule has 0 aliphatic carbocycles. The van der Waals surface area contributed by atoms with E-state index in [9.17, 15) is 14.8 Å². The molecule has 0 bridgehead atoms. The van der Waals surface area contributed by atoms with Gasteiger partial charge in [0.1, 0.15) is 23.3 Å². The summed E-state index contributed by atoms with van der Waals surface area (Å²) in [5, 5.41) is 22.8. The van der Waals surface area contributed by atoms with Gasteiger partial charge >= 0.3 is 12.1 Å². The van der Waals surface area contributed by atoms with Gasteiger partial charge in [-0.1, -0.05) is 6.07 Å². The molecule has 0 atom stereocenters. The monoisotopic (exact) mass is 491 g/mol. The molecule has 11 heteroatoms. The number of carbonyl (C=O) groups excluding carboxylic acids is 2. The fourth-order valence-corrected chi connectivity index (χ4v) is 4.22. The maximum Gasteiger partial charge on any atom is 0.418 e. The zero-order valence-corrected chi connectivity index (χ0v) is 20.0. The fraction of sp³-hybridized carbons (Fsp3) is 0.208. The lowest BCUT2D eigenvalue weighted by Crippen LogP contribution is -2.33. The van der Waals surface area contributed by atoms with Crippen molar-refractivity contribution < 1.29 is 23.9 Å². The fourth-order valence-electron chi connectivity index (χ4n) is 3.61. The Labute approximate surface area is 203 Å². The molecule has 5 rings (SSSR count). The van der Waals surface area contributed by atoms with Crippen LogP contribution in [0.1, 0.15) is 36.0 Å². The van der Waals surface area contributed by atoms with Crippen LogP contribution in [0.2, 0.25) is 0 Å². The number of ether oxygens (including phenoxy) is 2. The molecule has 0 radical (unpaired) electrons. The minimum absolute atomic E-state index is 0.0726. The third-order valence-corrected chi connectivity index (χ3v) is 5.97. The Morgan fingerprint density at radius 1 is 1.17 bits per heavy atom. The largest absolute Gasteiger partial charge is 0.594 e. The quantitative estimate of drug-likeness (QED) is 0.210. The van der Waals surface area contributed by atoms with E-state index in [1.807, 2.05) is 17.5 Å². The molecule has 178 valence electrons. The molecule has 0 saturated heterocycles. The van der Waals surface area contributed by atoms with E-state index in [1.165, 1.54) is 26.6 Å². The van der Waals surface area contributed by atoms with E-state index in [4.69, 9.17) is 9.47 Å². The van der Waals surface area contributed by atoms with Gasteiger partial charge in [0.25, 0.3) is 5.52 Å². The first-order valence-electron chi connectivity index (χ1n) is 10.7. The standard InChI is InChI=1S/C24H21N5O5S/c1-24(2,3)34-23(31)27-10-4-7-18(27)15-8-9-19-20(12-15)28-21(26-29(19)32)17(13-25-28)22(30)33-14-16-6-5-11-35-16/h4-13H,14H2,1-3H3. The average molecular weight is 492 g/mol. The van der Waals surface area contributed by atoms with Crippen LogP contribution < -0.4 is 4.85 Å². The van der Waals surface area contributed by atoms with Crippen molar-refractivity contribution in [1.82, 2.24) is 19.3 Å². The van der Waals surface area contributed by atoms with Gasteiger partial charge in [0.05, 0.1) is 11.9 Å². The van der Waals surface area contributed by atoms with Crippen LogP contribution in [-0.4, -0.2) is 36.9 Å². The molecule has 0 N–H and O–H groups in total. The van der Waals surface area contributed by atoms with E-state index in [1.54, 1.807) is 57.3 Å². The van der Waals surface area contributed by atoms with Gasteiger partial charge in [-0.15, -0.1) is 11.3 Å². The van der Waals surface area contributed by atoms with Gasteiger partial charge < -0.3 is 14.7 Å². The molecule has 0 saturated carbocycles. The van der Waals surface area contributed by atoms with Gasteiger partial charge in [-0.2, -0.15) is 5.10 Å². The van der Waals surface area contributed by atoms with Crippen molar-refractivity contribution in [2.45, 2.75) is 33.0 Å². The number of thiophene rings is 1. The number of aromatic nitrogens is 5. The molecule has 0 aliphatic rings. The Kier molecular flexibility index (Phi) is 5.48. The summed E-state index contributed by atoms with van der Waals surface area (Å²) >= 11 is 1.47. The molecule has 4 heterocycles. The minimum Gasteiger partial charge on any atom is -0.594 e. The summed E-state index contributed by atoms with van der Waals surface area (Å²) in [7, 11) is 0. The highest BCUT2D eigenvalue weighted by Gasteiger charge is 2.24. The Hall–Kier alpha value is -4.25. The number of hydrogen-bond acceptors (Lipinski definition) is 8. The van der Waals surface area contributed by atoms with Crippen molar-refractivity contribution in [3.63, 3.8) is 0 Å². The number of nitrogens with zero attached hydrogens (tertiary/aromatic N) is 5. The van der Waals surface area contributed by atoms with Gasteiger partial charge in [-0.25, -0.2) is 14.1 Å². The second-order valence-corrected chi connectivity index (χ2v) is 9.80. The Balaban J connectivity index is 1.54. The third kappa shape index (κ3) is 4.33. The van der Waals surface area contributed by atoms with E-state index in [-0.39, 0.29) is 23.3 Å². The maximum atomic E-state index is 12.7. The van der Waals surface area contributed by atoms with E-state index in [0.717, 1.165) is 4.88 Å². The molecule has 0 fully saturated rings. The van der Waals surface area contributed by atoms with Crippen molar-refractivity contribution in [2.24, 2.45) is 0 Å². The van der Waals surface area contributed by atoms with Gasteiger partial charge in [-0.3, -0.25) is 4.57 Å². The van der Waals surface area contributed by atoms with Crippen molar-refractivity contribution in [1.29, 1.82) is 0 Å². The summed E-state index contributed by atoms with van der Waals surface area (Å²) in [6, 6.07) is 12.2. The summed E-state index contributed by atoms with van der Waals surface area (Å²) in [5.74, 6) is -0.629. The highest BCUT2D eigenvalue weighted by molar-refractivity contribution is 7.09. The van der Waals surface area contributed by atoms with E-state index in [2.05, 4.69) is 10.2 Å². The molecule has 1 aromatic carbocycles. The molecular formula is C24H21N5O5S. The molecule has 5 aromatic rings.